The van der Waals surface area contributed by atoms with E-state index in [0.717, 1.165) is 22.8 Å². The molecule has 0 fully saturated rings. The molecule has 2 rings (SSSR count). The molecular weight excluding hydrogens is 282 g/mol. The highest BCUT2D eigenvalue weighted by molar-refractivity contribution is 6.20. The van der Waals surface area contributed by atoms with Gasteiger partial charge in [-0.2, -0.15) is 0 Å². The van der Waals surface area contributed by atoms with Gasteiger partial charge in [0, 0.05) is 6.54 Å². The number of amides is 1. The van der Waals surface area contributed by atoms with Gasteiger partial charge in [-0.1, -0.05) is 56.3 Å². The lowest BCUT2D eigenvalue weighted by atomic mass is 10.0. The second-order valence-electron chi connectivity index (χ2n) is 5.85. The molecule has 1 amide bonds. The fraction of sp³-hybridized carbons (Fsp3) is 0.389. The molecule has 2 aromatic rings. The van der Waals surface area contributed by atoms with Crippen molar-refractivity contribution in [2.75, 3.05) is 6.54 Å². The maximum absolute atomic E-state index is 12.1. The van der Waals surface area contributed by atoms with Crippen molar-refractivity contribution in [3.8, 4) is 0 Å². The van der Waals surface area contributed by atoms with Crippen LogP contribution in [0.2, 0.25) is 0 Å². The first-order chi connectivity index (χ1) is 10.1. The number of nitrogens with one attached hydrogen (secondary N) is 1. The highest BCUT2D eigenvalue weighted by atomic mass is 35.5. The number of alkyl halides is 1. The topological polar surface area (TPSA) is 29.1 Å². The van der Waals surface area contributed by atoms with Crippen molar-refractivity contribution in [3.63, 3.8) is 0 Å². The summed E-state index contributed by atoms with van der Waals surface area (Å²) in [5.74, 6) is 0.572. The third-order valence-electron chi connectivity index (χ3n) is 3.48. The average molecular weight is 304 g/mol. The molecule has 0 aliphatic rings. The molecule has 0 heterocycles. The Hall–Kier alpha value is -1.54. The Morgan fingerprint density at radius 3 is 2.62 bits per heavy atom. The molecule has 0 aliphatic heterocycles. The lowest BCUT2D eigenvalue weighted by molar-refractivity contribution is -0.120. The molecule has 3 heteroatoms. The summed E-state index contributed by atoms with van der Waals surface area (Å²) in [5.41, 5.74) is 1.06. The van der Waals surface area contributed by atoms with Crippen LogP contribution in [0.25, 0.3) is 10.8 Å². The largest absolute Gasteiger partial charge is 0.354 e. The summed E-state index contributed by atoms with van der Waals surface area (Å²) in [6, 6.07) is 14.2. The molecule has 21 heavy (non-hydrogen) atoms. The molecule has 112 valence electrons. The van der Waals surface area contributed by atoms with E-state index in [2.05, 4.69) is 37.4 Å². The lowest BCUT2D eigenvalue weighted by Crippen LogP contribution is -2.31. The first kappa shape index (κ1) is 15.8. The Labute approximate surface area is 131 Å². The maximum Gasteiger partial charge on any atom is 0.224 e. The van der Waals surface area contributed by atoms with Crippen LogP contribution >= 0.6 is 11.6 Å². The van der Waals surface area contributed by atoms with Crippen molar-refractivity contribution in [1.29, 1.82) is 0 Å². The third kappa shape index (κ3) is 4.75. The van der Waals surface area contributed by atoms with Crippen molar-refractivity contribution < 1.29 is 4.79 Å². The number of rotatable bonds is 6. The van der Waals surface area contributed by atoms with Crippen molar-refractivity contribution in [2.45, 2.75) is 32.1 Å². The molecule has 0 radical (unpaired) electrons. The first-order valence-corrected chi connectivity index (χ1v) is 7.87. The smallest absolute Gasteiger partial charge is 0.224 e. The Bertz CT molecular complexity index is 604. The van der Waals surface area contributed by atoms with Crippen LogP contribution in [0.3, 0.4) is 0 Å². The third-order valence-corrected chi connectivity index (χ3v) is 3.81. The summed E-state index contributed by atoms with van der Waals surface area (Å²) >= 11 is 6.20. The summed E-state index contributed by atoms with van der Waals surface area (Å²) < 4.78 is 0. The van der Waals surface area contributed by atoms with E-state index in [0.29, 0.717) is 18.9 Å². The van der Waals surface area contributed by atoms with E-state index in [1.54, 1.807) is 0 Å². The van der Waals surface area contributed by atoms with Crippen LogP contribution in [0.4, 0.5) is 0 Å². The summed E-state index contributed by atoms with van der Waals surface area (Å²) in [4.78, 5) is 12.1. The second-order valence-corrected chi connectivity index (χ2v) is 6.46. The SMILES string of the molecule is CC(C)CC(Cl)CNC(=O)Cc1cccc2ccccc12. The minimum absolute atomic E-state index is 0.00136. The minimum Gasteiger partial charge on any atom is -0.354 e. The van der Waals surface area contributed by atoms with Gasteiger partial charge in [0.05, 0.1) is 11.8 Å². The molecule has 1 unspecified atom stereocenters. The zero-order valence-electron chi connectivity index (χ0n) is 12.6. The van der Waals surface area contributed by atoms with Gasteiger partial charge in [-0.25, -0.2) is 0 Å². The van der Waals surface area contributed by atoms with E-state index in [9.17, 15) is 4.79 Å². The molecule has 0 bridgehead atoms. The monoisotopic (exact) mass is 303 g/mol. The van der Waals surface area contributed by atoms with Gasteiger partial charge in [-0.3, -0.25) is 4.79 Å². The molecular formula is C18H22ClNO. The van der Waals surface area contributed by atoms with Crippen LogP contribution in [-0.2, 0) is 11.2 Å². The maximum atomic E-state index is 12.1. The molecule has 0 saturated carbocycles. The molecule has 0 aromatic heterocycles. The lowest BCUT2D eigenvalue weighted by Gasteiger charge is -2.13. The van der Waals surface area contributed by atoms with Gasteiger partial charge in [0.1, 0.15) is 0 Å². The first-order valence-electron chi connectivity index (χ1n) is 7.43. The zero-order valence-corrected chi connectivity index (χ0v) is 13.4. The van der Waals surface area contributed by atoms with Crippen molar-refractivity contribution >= 4 is 28.3 Å². The Balaban J connectivity index is 1.96. The van der Waals surface area contributed by atoms with Crippen molar-refractivity contribution in [1.82, 2.24) is 5.32 Å². The summed E-state index contributed by atoms with van der Waals surface area (Å²) in [6.07, 6.45) is 1.31. The molecule has 0 aliphatic carbocycles. The standard InChI is InChI=1S/C18H22ClNO/c1-13(2)10-16(19)12-20-18(21)11-15-8-5-7-14-6-3-4-9-17(14)15/h3-9,13,16H,10-12H2,1-2H3,(H,20,21). The van der Waals surface area contributed by atoms with E-state index in [-0.39, 0.29) is 11.3 Å². The summed E-state index contributed by atoms with van der Waals surface area (Å²) in [5, 5.41) is 5.23. The highest BCUT2D eigenvalue weighted by Crippen LogP contribution is 2.18. The highest BCUT2D eigenvalue weighted by Gasteiger charge is 2.10. The van der Waals surface area contributed by atoms with E-state index in [4.69, 9.17) is 11.6 Å². The summed E-state index contributed by atoms with van der Waals surface area (Å²) in [7, 11) is 0. The zero-order chi connectivity index (χ0) is 15.2. The van der Waals surface area contributed by atoms with Crippen molar-refractivity contribution in [3.05, 3.63) is 48.0 Å². The average Bonchev–Trinajstić information content (AvgIpc) is 2.45. The van der Waals surface area contributed by atoms with Crippen LogP contribution in [0.1, 0.15) is 25.8 Å². The van der Waals surface area contributed by atoms with Crippen molar-refractivity contribution in [2.24, 2.45) is 5.92 Å². The normalized spacial score (nSPS) is 12.6. The van der Waals surface area contributed by atoms with Gasteiger partial charge >= 0.3 is 0 Å². The number of benzene rings is 2. The predicted molar refractivity (Wildman–Crippen MR) is 89.8 cm³/mol. The number of carbonyl (C=O) groups is 1. The molecule has 0 spiro atoms. The van der Waals surface area contributed by atoms with E-state index in [1.807, 2.05) is 24.3 Å². The number of fused-ring (bicyclic) bond motifs is 1. The van der Waals surface area contributed by atoms with E-state index < -0.39 is 0 Å². The Morgan fingerprint density at radius 2 is 1.86 bits per heavy atom. The van der Waals surface area contributed by atoms with Crippen LogP contribution in [0, 0.1) is 5.92 Å². The van der Waals surface area contributed by atoms with Crippen LogP contribution in [-0.4, -0.2) is 17.8 Å². The van der Waals surface area contributed by atoms with Crippen LogP contribution < -0.4 is 5.32 Å². The predicted octanol–water partition coefficient (Wildman–Crippen LogP) is 4.15. The molecule has 2 aromatic carbocycles. The van der Waals surface area contributed by atoms with Crippen LogP contribution in [0.5, 0.6) is 0 Å². The van der Waals surface area contributed by atoms with E-state index in [1.165, 1.54) is 0 Å². The Kier molecular flexibility index (Phi) is 5.63. The summed E-state index contributed by atoms with van der Waals surface area (Å²) in [6.45, 7) is 4.80. The van der Waals surface area contributed by atoms with Gasteiger partial charge in [0.15, 0.2) is 0 Å². The van der Waals surface area contributed by atoms with Gasteiger partial charge < -0.3 is 5.32 Å². The van der Waals surface area contributed by atoms with Gasteiger partial charge in [-0.15, -0.1) is 11.6 Å². The fourth-order valence-electron chi connectivity index (χ4n) is 2.50. The van der Waals surface area contributed by atoms with Gasteiger partial charge in [-0.05, 0) is 28.7 Å². The number of hydrogen-bond donors (Lipinski definition) is 1. The second kappa shape index (κ2) is 7.46. The van der Waals surface area contributed by atoms with E-state index >= 15 is 0 Å². The molecule has 2 nitrogen and oxygen atoms in total. The minimum atomic E-state index is 0.00136. The molecule has 1 N–H and O–H groups in total. The molecule has 1 atom stereocenters. The molecule has 0 saturated heterocycles. The van der Waals surface area contributed by atoms with Gasteiger partial charge in [0.25, 0.3) is 0 Å². The number of hydrogen-bond acceptors (Lipinski definition) is 1. The van der Waals surface area contributed by atoms with Crippen LogP contribution in [0.15, 0.2) is 42.5 Å². The number of halogens is 1. The fourth-order valence-corrected chi connectivity index (χ4v) is 2.94. The number of carbonyl (C=O) groups excluding carboxylic acids is 1. The Morgan fingerprint density at radius 1 is 1.14 bits per heavy atom. The quantitative estimate of drug-likeness (QED) is 0.798. The van der Waals surface area contributed by atoms with Gasteiger partial charge in [0.2, 0.25) is 5.91 Å².